The van der Waals surface area contributed by atoms with Gasteiger partial charge in [-0.15, -0.1) is 10.2 Å². The molecule has 0 saturated heterocycles. The zero-order chi connectivity index (χ0) is 14.5. The van der Waals surface area contributed by atoms with Crippen LogP contribution in [0.5, 0.6) is 0 Å². The fourth-order valence-electron chi connectivity index (χ4n) is 1.54. The molecule has 1 unspecified atom stereocenters. The lowest BCUT2D eigenvalue weighted by atomic mass is 10.3. The van der Waals surface area contributed by atoms with Crippen LogP contribution in [-0.2, 0) is 4.79 Å². The van der Waals surface area contributed by atoms with Crippen LogP contribution in [0.15, 0.2) is 22.0 Å². The molecule has 7 nitrogen and oxygen atoms in total. The summed E-state index contributed by atoms with van der Waals surface area (Å²) in [5, 5.41) is 15.0. The molecule has 1 amide bonds. The van der Waals surface area contributed by atoms with E-state index in [0.29, 0.717) is 17.7 Å². The summed E-state index contributed by atoms with van der Waals surface area (Å²) in [4.78, 5) is 11.7. The predicted molar refractivity (Wildman–Crippen MR) is 74.4 cm³/mol. The first-order valence-electron chi connectivity index (χ1n) is 6.25. The minimum absolute atomic E-state index is 0.0680. The van der Waals surface area contributed by atoms with Gasteiger partial charge in [0.1, 0.15) is 0 Å². The number of aromatic nitrogens is 4. The number of nitrogens with zero attached hydrogens (tertiary/aromatic N) is 4. The summed E-state index contributed by atoms with van der Waals surface area (Å²) in [5.41, 5.74) is 1.10. The van der Waals surface area contributed by atoms with Crippen LogP contribution in [0.2, 0.25) is 0 Å². The Kier molecular flexibility index (Phi) is 4.78. The molecule has 2 heterocycles. The lowest BCUT2D eigenvalue weighted by molar-refractivity contribution is -0.118. The van der Waals surface area contributed by atoms with Crippen LogP contribution >= 0.6 is 11.8 Å². The Morgan fingerprint density at radius 3 is 2.90 bits per heavy atom. The Bertz CT molecular complexity index is 580. The number of thioether (sulfide) groups is 1. The molecule has 2 rings (SSSR count). The van der Waals surface area contributed by atoms with Gasteiger partial charge in [-0.25, -0.2) is 0 Å². The van der Waals surface area contributed by atoms with E-state index in [-0.39, 0.29) is 17.7 Å². The van der Waals surface area contributed by atoms with Crippen molar-refractivity contribution >= 4 is 17.7 Å². The van der Waals surface area contributed by atoms with E-state index in [1.54, 1.807) is 13.1 Å². The Morgan fingerprint density at radius 1 is 1.50 bits per heavy atom. The molecule has 2 aromatic heterocycles. The number of amides is 1. The average molecular weight is 295 g/mol. The lowest BCUT2D eigenvalue weighted by Gasteiger charge is -2.12. The smallest absolute Gasteiger partial charge is 0.277 e. The monoisotopic (exact) mass is 295 g/mol. The van der Waals surface area contributed by atoms with E-state index < -0.39 is 0 Å². The first-order valence-corrected chi connectivity index (χ1v) is 7.23. The number of aryl methyl sites for hydroxylation is 2. The van der Waals surface area contributed by atoms with Crippen LogP contribution in [0, 0.1) is 13.8 Å². The molecule has 108 valence electrons. The number of hydrogen-bond acceptors (Lipinski definition) is 6. The van der Waals surface area contributed by atoms with E-state index in [1.165, 1.54) is 11.8 Å². The Morgan fingerprint density at radius 2 is 2.30 bits per heavy atom. The van der Waals surface area contributed by atoms with Gasteiger partial charge >= 0.3 is 0 Å². The number of carbonyl (C=O) groups excluding carboxylic acids is 1. The molecule has 0 aromatic carbocycles. The van der Waals surface area contributed by atoms with Gasteiger partial charge in [-0.05, 0) is 19.4 Å². The maximum Gasteiger partial charge on any atom is 0.277 e. The van der Waals surface area contributed by atoms with Gasteiger partial charge in [0.15, 0.2) is 0 Å². The summed E-state index contributed by atoms with van der Waals surface area (Å²) >= 11 is 1.23. The quantitative estimate of drug-likeness (QED) is 0.810. The summed E-state index contributed by atoms with van der Waals surface area (Å²) < 4.78 is 7.02. The highest BCUT2D eigenvalue weighted by Gasteiger charge is 2.10. The molecule has 0 bridgehead atoms. The molecule has 0 spiro atoms. The van der Waals surface area contributed by atoms with Gasteiger partial charge in [0, 0.05) is 19.7 Å². The van der Waals surface area contributed by atoms with E-state index in [1.807, 2.05) is 24.7 Å². The SMILES string of the molecule is Cc1cnn(C(C)CNC(=O)CSc2nnc(C)o2)c1. The van der Waals surface area contributed by atoms with E-state index in [4.69, 9.17) is 4.42 Å². The van der Waals surface area contributed by atoms with Crippen LogP contribution in [-0.4, -0.2) is 38.2 Å². The molecule has 20 heavy (non-hydrogen) atoms. The van der Waals surface area contributed by atoms with Gasteiger partial charge in [-0.2, -0.15) is 5.10 Å². The first-order chi connectivity index (χ1) is 9.54. The highest BCUT2D eigenvalue weighted by Crippen LogP contribution is 2.15. The maximum absolute atomic E-state index is 11.7. The second kappa shape index (κ2) is 6.56. The van der Waals surface area contributed by atoms with E-state index in [0.717, 1.165) is 5.56 Å². The fraction of sp³-hybridized carbons (Fsp3) is 0.500. The van der Waals surface area contributed by atoms with E-state index in [9.17, 15) is 4.79 Å². The molecule has 2 aromatic rings. The molecule has 1 atom stereocenters. The fourth-order valence-corrected chi connectivity index (χ4v) is 2.18. The third-order valence-electron chi connectivity index (χ3n) is 2.61. The molecule has 0 aliphatic heterocycles. The summed E-state index contributed by atoms with van der Waals surface area (Å²) in [5.74, 6) is 0.684. The predicted octanol–water partition coefficient (Wildman–Crippen LogP) is 1.35. The zero-order valence-electron chi connectivity index (χ0n) is 11.7. The number of hydrogen-bond donors (Lipinski definition) is 1. The van der Waals surface area contributed by atoms with Crippen LogP contribution < -0.4 is 5.32 Å². The van der Waals surface area contributed by atoms with Crippen molar-refractivity contribution in [1.29, 1.82) is 0 Å². The highest BCUT2D eigenvalue weighted by atomic mass is 32.2. The summed E-state index contributed by atoms with van der Waals surface area (Å²) in [6.45, 7) is 6.23. The molecular weight excluding hydrogens is 278 g/mol. The van der Waals surface area contributed by atoms with Gasteiger partial charge in [0.25, 0.3) is 5.22 Å². The second-order valence-electron chi connectivity index (χ2n) is 4.53. The molecule has 0 fully saturated rings. The molecular formula is C12H17N5O2S. The normalized spacial score (nSPS) is 12.3. The van der Waals surface area contributed by atoms with Crippen molar-refractivity contribution < 1.29 is 9.21 Å². The highest BCUT2D eigenvalue weighted by molar-refractivity contribution is 7.99. The van der Waals surface area contributed by atoms with Crippen LogP contribution in [0.1, 0.15) is 24.4 Å². The topological polar surface area (TPSA) is 85.8 Å². The number of rotatable bonds is 6. The molecule has 0 saturated carbocycles. The van der Waals surface area contributed by atoms with Crippen LogP contribution in [0.25, 0.3) is 0 Å². The zero-order valence-corrected chi connectivity index (χ0v) is 12.5. The van der Waals surface area contributed by atoms with Crippen molar-refractivity contribution in [3.05, 3.63) is 23.8 Å². The van der Waals surface area contributed by atoms with E-state index in [2.05, 4.69) is 20.6 Å². The molecule has 0 aliphatic carbocycles. The lowest BCUT2D eigenvalue weighted by Crippen LogP contribution is -2.31. The first kappa shape index (κ1) is 14.6. The van der Waals surface area contributed by atoms with Gasteiger partial charge in [-0.1, -0.05) is 11.8 Å². The second-order valence-corrected chi connectivity index (χ2v) is 5.45. The standard InChI is InChI=1S/C12H17N5O2S/c1-8-4-14-17(6-8)9(2)5-13-11(18)7-20-12-16-15-10(3)19-12/h4,6,9H,5,7H2,1-3H3,(H,13,18). The molecule has 1 N–H and O–H groups in total. The number of carbonyl (C=O) groups is 1. The Balaban J connectivity index is 1.72. The van der Waals surface area contributed by atoms with Crippen molar-refractivity contribution in [3.63, 3.8) is 0 Å². The van der Waals surface area contributed by atoms with Gasteiger partial charge in [0.2, 0.25) is 11.8 Å². The summed E-state index contributed by atoms with van der Waals surface area (Å²) in [6, 6.07) is 0.114. The molecule has 0 aliphatic rings. The van der Waals surface area contributed by atoms with Crippen LogP contribution in [0.3, 0.4) is 0 Å². The average Bonchev–Trinajstić information content (AvgIpc) is 3.02. The Hall–Kier alpha value is -1.83. The van der Waals surface area contributed by atoms with Gasteiger partial charge in [-0.3, -0.25) is 9.48 Å². The molecule has 0 radical (unpaired) electrons. The maximum atomic E-state index is 11.7. The summed E-state index contributed by atoms with van der Waals surface area (Å²) in [6.07, 6.45) is 3.75. The third kappa shape index (κ3) is 4.09. The summed E-state index contributed by atoms with van der Waals surface area (Å²) in [7, 11) is 0. The molecule has 8 heteroatoms. The van der Waals surface area contributed by atoms with Crippen molar-refractivity contribution in [1.82, 2.24) is 25.3 Å². The minimum atomic E-state index is -0.0680. The van der Waals surface area contributed by atoms with Crippen molar-refractivity contribution in [2.24, 2.45) is 0 Å². The minimum Gasteiger partial charge on any atom is -0.416 e. The van der Waals surface area contributed by atoms with Crippen LogP contribution in [0.4, 0.5) is 0 Å². The third-order valence-corrected chi connectivity index (χ3v) is 3.43. The van der Waals surface area contributed by atoms with Crippen molar-refractivity contribution in [2.75, 3.05) is 12.3 Å². The largest absolute Gasteiger partial charge is 0.416 e. The van der Waals surface area contributed by atoms with Gasteiger partial charge in [0.05, 0.1) is 18.0 Å². The van der Waals surface area contributed by atoms with Gasteiger partial charge < -0.3 is 9.73 Å². The van der Waals surface area contributed by atoms with E-state index >= 15 is 0 Å². The van der Waals surface area contributed by atoms with Crippen molar-refractivity contribution in [2.45, 2.75) is 32.0 Å². The Labute approximate surface area is 121 Å². The number of nitrogens with one attached hydrogen (secondary N) is 1. The van der Waals surface area contributed by atoms with Crippen molar-refractivity contribution in [3.8, 4) is 0 Å².